The molecule has 7 nitrogen and oxygen atoms in total. The molecule has 1 aliphatic heterocycles. The van der Waals surface area contributed by atoms with Gasteiger partial charge in [0.1, 0.15) is 0 Å². The van der Waals surface area contributed by atoms with Crippen molar-refractivity contribution in [2.24, 2.45) is 15.7 Å². The average Bonchev–Trinajstić information content (AvgIpc) is 2.83. The number of guanidine groups is 2. The minimum Gasteiger partial charge on any atom is -0.362 e. The lowest BCUT2D eigenvalue weighted by Gasteiger charge is -2.35. The van der Waals surface area contributed by atoms with E-state index in [-0.39, 0.29) is 0 Å². The summed E-state index contributed by atoms with van der Waals surface area (Å²) in [5.74, 6) is 1.65. The fraction of sp³-hybridized carbons (Fsp3) is 0.571. The molecule has 0 bridgehead atoms. The number of aromatic nitrogens is 1. The zero-order valence-corrected chi connectivity index (χ0v) is 13.5. The molecule has 0 radical (unpaired) electrons. The first-order chi connectivity index (χ1) is 9.88. The molecule has 1 unspecified atom stereocenters. The van der Waals surface area contributed by atoms with Crippen LogP contribution >= 0.6 is 0 Å². The smallest absolute Gasteiger partial charge is 0.206 e. The van der Waals surface area contributed by atoms with Gasteiger partial charge in [-0.3, -0.25) is 10.6 Å². The summed E-state index contributed by atoms with van der Waals surface area (Å²) in [6.07, 6.45) is 0.393. The second-order valence-corrected chi connectivity index (χ2v) is 5.56. The van der Waals surface area contributed by atoms with Crippen molar-refractivity contribution >= 4 is 11.9 Å². The average molecular weight is 291 g/mol. The number of aryl methyl sites for hydroxylation is 1. The second-order valence-electron chi connectivity index (χ2n) is 5.56. The number of hydrogen-bond acceptors (Lipinski definition) is 6. The van der Waals surface area contributed by atoms with Gasteiger partial charge in [-0.2, -0.15) is 0 Å². The Morgan fingerprint density at radius 3 is 2.48 bits per heavy atom. The molecule has 1 aromatic rings. The quantitative estimate of drug-likeness (QED) is 0.837. The Morgan fingerprint density at radius 2 is 1.90 bits per heavy atom. The fourth-order valence-electron chi connectivity index (χ4n) is 2.39. The number of nitrogens with one attached hydrogen (secondary N) is 1. The molecular formula is C14H25N7. The normalized spacial score (nSPS) is 18.4. The molecule has 0 spiro atoms. The number of aromatic amines is 1. The minimum atomic E-state index is -0.538. The fourth-order valence-corrected chi connectivity index (χ4v) is 2.39. The van der Waals surface area contributed by atoms with Crippen molar-refractivity contribution in [3.63, 3.8) is 0 Å². The highest BCUT2D eigenvalue weighted by atomic mass is 15.5. The number of hydrogen-bond donors (Lipinski definition) is 2. The summed E-state index contributed by atoms with van der Waals surface area (Å²) in [6, 6.07) is 4.21. The number of rotatable bonds is 3. The second kappa shape index (κ2) is 6.17. The van der Waals surface area contributed by atoms with Gasteiger partial charge in [0, 0.05) is 52.5 Å². The Bertz CT molecular complexity index is 543. The molecule has 1 aromatic heterocycles. The molecule has 0 aromatic carbocycles. The molecule has 3 N–H and O–H groups in total. The van der Waals surface area contributed by atoms with Gasteiger partial charge in [-0.25, -0.2) is 9.98 Å². The third-order valence-corrected chi connectivity index (χ3v) is 3.45. The highest BCUT2D eigenvalue weighted by Gasteiger charge is 2.24. The predicted octanol–water partition coefficient (Wildman–Crippen LogP) is 0.259. The number of nitrogens with zero attached hydrogens (tertiary/aromatic N) is 5. The van der Waals surface area contributed by atoms with Crippen LogP contribution in [0.3, 0.4) is 0 Å². The minimum absolute atomic E-state index is 0.538. The van der Waals surface area contributed by atoms with Crippen LogP contribution in [0.4, 0.5) is 0 Å². The molecule has 1 aliphatic rings. The number of H-pyrrole nitrogens is 1. The van der Waals surface area contributed by atoms with E-state index in [2.05, 4.69) is 38.9 Å². The van der Waals surface area contributed by atoms with Crippen molar-refractivity contribution in [3.8, 4) is 0 Å². The molecule has 21 heavy (non-hydrogen) atoms. The Kier molecular flexibility index (Phi) is 4.52. The van der Waals surface area contributed by atoms with E-state index in [0.717, 1.165) is 24.9 Å². The molecule has 0 fully saturated rings. The molecule has 7 heteroatoms. The highest BCUT2D eigenvalue weighted by molar-refractivity contribution is 5.99. The molecule has 2 rings (SSSR count). The van der Waals surface area contributed by atoms with Crippen LogP contribution in [-0.2, 0) is 6.42 Å². The summed E-state index contributed by atoms with van der Waals surface area (Å²) in [5.41, 5.74) is 8.31. The van der Waals surface area contributed by atoms with Gasteiger partial charge >= 0.3 is 0 Å². The maximum absolute atomic E-state index is 5.90. The first-order valence-corrected chi connectivity index (χ1v) is 7.06. The Morgan fingerprint density at radius 1 is 1.24 bits per heavy atom. The molecular weight excluding hydrogens is 266 g/mol. The highest BCUT2D eigenvalue weighted by Crippen LogP contribution is 2.09. The van der Waals surface area contributed by atoms with Crippen molar-refractivity contribution < 1.29 is 0 Å². The SMILES string of the molecule is Cc1ccc(CCN(C)C2=NC(N)N=C(N(C)C)N2C)[nH]1. The van der Waals surface area contributed by atoms with Crippen LogP contribution in [0, 0.1) is 6.92 Å². The van der Waals surface area contributed by atoms with Crippen molar-refractivity contribution in [2.45, 2.75) is 19.6 Å². The van der Waals surface area contributed by atoms with Crippen molar-refractivity contribution in [1.82, 2.24) is 19.7 Å². The number of likely N-dealkylation sites (N-methyl/N-ethyl adjacent to an activating group) is 1. The van der Waals surface area contributed by atoms with Gasteiger partial charge in [-0.05, 0) is 19.1 Å². The molecule has 0 aliphatic carbocycles. The van der Waals surface area contributed by atoms with Gasteiger partial charge < -0.3 is 14.8 Å². The molecule has 2 heterocycles. The lowest BCUT2D eigenvalue weighted by Crippen LogP contribution is -2.52. The first kappa shape index (κ1) is 15.4. The van der Waals surface area contributed by atoms with Gasteiger partial charge in [0.2, 0.25) is 11.9 Å². The van der Waals surface area contributed by atoms with Crippen LogP contribution in [-0.4, -0.2) is 72.6 Å². The Hall–Kier alpha value is -2.02. The summed E-state index contributed by atoms with van der Waals surface area (Å²) >= 11 is 0. The van der Waals surface area contributed by atoms with E-state index >= 15 is 0 Å². The van der Waals surface area contributed by atoms with Crippen molar-refractivity contribution in [3.05, 3.63) is 23.5 Å². The zero-order chi connectivity index (χ0) is 15.6. The lowest BCUT2D eigenvalue weighted by molar-refractivity contribution is 0.408. The summed E-state index contributed by atoms with van der Waals surface area (Å²) in [7, 11) is 7.88. The third kappa shape index (κ3) is 3.55. The molecule has 116 valence electrons. The monoisotopic (exact) mass is 291 g/mol. The van der Waals surface area contributed by atoms with E-state index < -0.39 is 6.29 Å². The van der Waals surface area contributed by atoms with Crippen LogP contribution in [0.15, 0.2) is 22.1 Å². The van der Waals surface area contributed by atoms with E-state index in [1.165, 1.54) is 11.4 Å². The van der Waals surface area contributed by atoms with E-state index in [1.54, 1.807) is 0 Å². The van der Waals surface area contributed by atoms with Gasteiger partial charge in [-0.1, -0.05) is 0 Å². The Balaban J connectivity index is 2.02. The lowest BCUT2D eigenvalue weighted by atomic mass is 10.3. The van der Waals surface area contributed by atoms with Crippen LogP contribution < -0.4 is 5.73 Å². The van der Waals surface area contributed by atoms with Crippen molar-refractivity contribution in [1.29, 1.82) is 0 Å². The van der Waals surface area contributed by atoms with E-state index in [0.29, 0.717) is 0 Å². The largest absolute Gasteiger partial charge is 0.362 e. The molecule has 1 atom stereocenters. The summed E-state index contributed by atoms with van der Waals surface area (Å²) in [5, 5.41) is 0. The molecule has 0 saturated heterocycles. The van der Waals surface area contributed by atoms with Crippen LogP contribution in [0.1, 0.15) is 11.4 Å². The van der Waals surface area contributed by atoms with Gasteiger partial charge in [-0.15, -0.1) is 0 Å². The predicted molar refractivity (Wildman–Crippen MR) is 86.2 cm³/mol. The maximum Gasteiger partial charge on any atom is 0.206 e. The van der Waals surface area contributed by atoms with Gasteiger partial charge in [0.25, 0.3) is 0 Å². The zero-order valence-electron chi connectivity index (χ0n) is 13.5. The number of nitrogens with two attached hydrogens (primary N) is 1. The first-order valence-electron chi connectivity index (χ1n) is 7.06. The van der Waals surface area contributed by atoms with E-state index in [1.807, 2.05) is 38.0 Å². The maximum atomic E-state index is 5.90. The van der Waals surface area contributed by atoms with Gasteiger partial charge in [0.15, 0.2) is 6.29 Å². The standard InChI is InChI=1S/C14H25N7/c1-10-6-7-11(16-10)8-9-20(4)14-18-12(15)17-13(19(2)3)21(14)5/h6-7,12,16H,8-9,15H2,1-5H3. The summed E-state index contributed by atoms with van der Waals surface area (Å²) < 4.78 is 0. The van der Waals surface area contributed by atoms with E-state index in [9.17, 15) is 0 Å². The molecule has 0 amide bonds. The van der Waals surface area contributed by atoms with Crippen molar-refractivity contribution in [2.75, 3.05) is 34.7 Å². The number of aliphatic imine (C=N–C) groups is 2. The summed E-state index contributed by atoms with van der Waals surface area (Å²) in [4.78, 5) is 18.1. The van der Waals surface area contributed by atoms with Gasteiger partial charge in [0.05, 0.1) is 0 Å². The van der Waals surface area contributed by atoms with Crippen LogP contribution in [0.2, 0.25) is 0 Å². The molecule has 0 saturated carbocycles. The van der Waals surface area contributed by atoms with Crippen LogP contribution in [0.5, 0.6) is 0 Å². The van der Waals surface area contributed by atoms with Crippen LogP contribution in [0.25, 0.3) is 0 Å². The Labute approximate surface area is 126 Å². The topological polar surface area (TPSA) is 76.2 Å². The summed E-state index contributed by atoms with van der Waals surface area (Å²) in [6.45, 7) is 2.92. The third-order valence-electron chi connectivity index (χ3n) is 3.45. The van der Waals surface area contributed by atoms with E-state index in [4.69, 9.17) is 5.73 Å².